The van der Waals surface area contributed by atoms with Crippen LogP contribution in [-0.4, -0.2) is 23.2 Å². The summed E-state index contributed by atoms with van der Waals surface area (Å²) in [6, 6.07) is 10.8. The van der Waals surface area contributed by atoms with Crippen molar-refractivity contribution in [2.45, 2.75) is 0 Å². The van der Waals surface area contributed by atoms with Gasteiger partial charge in [0.25, 0.3) is 5.91 Å². The lowest BCUT2D eigenvalue weighted by molar-refractivity contribution is 0.102. The smallest absolute Gasteiger partial charge is 0.259 e. The molecule has 0 bridgehead atoms. The zero-order valence-corrected chi connectivity index (χ0v) is 12.8. The van der Waals surface area contributed by atoms with Crippen LogP contribution in [0.4, 0.5) is 5.69 Å². The SMILES string of the molecule is COc1cc(Br)ccc1C(=O)Nc1ccc2cn[nH]c2c1. The molecular weight excluding hydrogens is 334 g/mol. The number of hydrogen-bond donors (Lipinski definition) is 2. The molecule has 0 aliphatic rings. The zero-order chi connectivity index (χ0) is 14.8. The third-order valence-corrected chi connectivity index (χ3v) is 3.60. The molecule has 3 aromatic rings. The molecule has 3 rings (SSSR count). The number of ether oxygens (including phenoxy) is 1. The maximum Gasteiger partial charge on any atom is 0.259 e. The molecule has 5 nitrogen and oxygen atoms in total. The second kappa shape index (κ2) is 5.57. The van der Waals surface area contributed by atoms with E-state index in [1.807, 2.05) is 18.2 Å². The van der Waals surface area contributed by atoms with Gasteiger partial charge in [0.15, 0.2) is 0 Å². The number of aromatic amines is 1. The Balaban J connectivity index is 1.88. The van der Waals surface area contributed by atoms with E-state index in [4.69, 9.17) is 4.74 Å². The van der Waals surface area contributed by atoms with Crippen LogP contribution >= 0.6 is 15.9 Å². The molecule has 0 spiro atoms. The van der Waals surface area contributed by atoms with Crippen molar-refractivity contribution < 1.29 is 9.53 Å². The minimum atomic E-state index is -0.224. The maximum absolute atomic E-state index is 12.3. The Morgan fingerprint density at radius 3 is 2.95 bits per heavy atom. The predicted molar refractivity (Wildman–Crippen MR) is 84.7 cm³/mol. The highest BCUT2D eigenvalue weighted by Gasteiger charge is 2.13. The summed E-state index contributed by atoms with van der Waals surface area (Å²) in [7, 11) is 1.54. The topological polar surface area (TPSA) is 67.0 Å². The highest BCUT2D eigenvalue weighted by Crippen LogP contribution is 2.25. The molecule has 0 saturated heterocycles. The molecule has 0 unspecified atom stereocenters. The molecular formula is C15H12BrN3O2. The van der Waals surface area contributed by atoms with Gasteiger partial charge in [0, 0.05) is 15.5 Å². The lowest BCUT2D eigenvalue weighted by Gasteiger charge is -2.09. The van der Waals surface area contributed by atoms with Crippen molar-refractivity contribution in [1.29, 1.82) is 0 Å². The van der Waals surface area contributed by atoms with Gasteiger partial charge in [-0.3, -0.25) is 9.89 Å². The van der Waals surface area contributed by atoms with E-state index in [2.05, 4.69) is 31.4 Å². The van der Waals surface area contributed by atoms with Crippen molar-refractivity contribution in [3.63, 3.8) is 0 Å². The van der Waals surface area contributed by atoms with Gasteiger partial charge in [-0.25, -0.2) is 0 Å². The van der Waals surface area contributed by atoms with Gasteiger partial charge in [-0.2, -0.15) is 5.10 Å². The highest BCUT2D eigenvalue weighted by molar-refractivity contribution is 9.10. The van der Waals surface area contributed by atoms with Gasteiger partial charge in [0.1, 0.15) is 5.75 Å². The highest BCUT2D eigenvalue weighted by atomic mass is 79.9. The summed E-state index contributed by atoms with van der Waals surface area (Å²) in [6.07, 6.45) is 1.73. The Hall–Kier alpha value is -2.34. The summed E-state index contributed by atoms with van der Waals surface area (Å²) in [5, 5.41) is 10.7. The second-order valence-electron chi connectivity index (χ2n) is 4.47. The van der Waals surface area contributed by atoms with E-state index in [9.17, 15) is 4.79 Å². The van der Waals surface area contributed by atoms with E-state index < -0.39 is 0 Å². The Morgan fingerprint density at radius 1 is 1.29 bits per heavy atom. The first-order valence-corrected chi connectivity index (χ1v) is 7.05. The normalized spacial score (nSPS) is 10.6. The van der Waals surface area contributed by atoms with E-state index in [-0.39, 0.29) is 5.91 Å². The summed E-state index contributed by atoms with van der Waals surface area (Å²) >= 11 is 3.35. The number of fused-ring (bicyclic) bond motifs is 1. The van der Waals surface area contributed by atoms with Crippen LogP contribution in [0.2, 0.25) is 0 Å². The summed E-state index contributed by atoms with van der Waals surface area (Å²) < 4.78 is 6.09. The largest absolute Gasteiger partial charge is 0.496 e. The minimum Gasteiger partial charge on any atom is -0.496 e. The quantitative estimate of drug-likeness (QED) is 0.762. The van der Waals surface area contributed by atoms with E-state index in [1.54, 1.807) is 24.4 Å². The molecule has 1 heterocycles. The van der Waals surface area contributed by atoms with Crippen molar-refractivity contribution in [3.8, 4) is 5.75 Å². The first-order valence-electron chi connectivity index (χ1n) is 6.25. The number of halogens is 1. The van der Waals surface area contributed by atoms with Gasteiger partial charge in [0.2, 0.25) is 0 Å². The standard InChI is InChI=1S/C15H12BrN3O2/c1-21-14-6-10(16)3-5-12(14)15(20)18-11-4-2-9-8-17-19-13(9)7-11/h2-8H,1H3,(H,17,19)(H,18,20). The fourth-order valence-electron chi connectivity index (χ4n) is 2.07. The second-order valence-corrected chi connectivity index (χ2v) is 5.39. The number of benzene rings is 2. The van der Waals surface area contributed by atoms with Crippen LogP contribution in [0.25, 0.3) is 10.9 Å². The molecule has 1 aromatic heterocycles. The van der Waals surface area contributed by atoms with Crippen molar-refractivity contribution in [1.82, 2.24) is 10.2 Å². The molecule has 2 aromatic carbocycles. The maximum atomic E-state index is 12.3. The lowest BCUT2D eigenvalue weighted by atomic mass is 10.1. The molecule has 6 heteroatoms. The number of carbonyl (C=O) groups excluding carboxylic acids is 1. The van der Waals surface area contributed by atoms with E-state index in [0.717, 1.165) is 15.4 Å². The Labute approximate surface area is 129 Å². The molecule has 0 aliphatic carbocycles. The Bertz CT molecular complexity index is 814. The van der Waals surface area contributed by atoms with Crippen molar-refractivity contribution in [2.75, 3.05) is 12.4 Å². The average Bonchev–Trinajstić information content (AvgIpc) is 2.94. The number of rotatable bonds is 3. The molecule has 106 valence electrons. The summed E-state index contributed by atoms with van der Waals surface area (Å²) in [6.45, 7) is 0. The van der Waals surface area contributed by atoms with Crippen LogP contribution in [0.3, 0.4) is 0 Å². The van der Waals surface area contributed by atoms with Gasteiger partial charge < -0.3 is 10.1 Å². The fourth-order valence-corrected chi connectivity index (χ4v) is 2.41. The number of methoxy groups -OCH3 is 1. The number of aromatic nitrogens is 2. The lowest BCUT2D eigenvalue weighted by Crippen LogP contribution is -2.13. The van der Waals surface area contributed by atoms with Crippen molar-refractivity contribution in [3.05, 3.63) is 52.6 Å². The summed E-state index contributed by atoms with van der Waals surface area (Å²) in [4.78, 5) is 12.3. The number of nitrogens with zero attached hydrogens (tertiary/aromatic N) is 1. The number of nitrogens with one attached hydrogen (secondary N) is 2. The van der Waals surface area contributed by atoms with Crippen LogP contribution in [0, 0.1) is 0 Å². The van der Waals surface area contributed by atoms with E-state index in [1.165, 1.54) is 7.11 Å². The van der Waals surface area contributed by atoms with Gasteiger partial charge in [0.05, 0.1) is 24.4 Å². The molecule has 0 aliphatic heterocycles. The molecule has 2 N–H and O–H groups in total. The number of hydrogen-bond acceptors (Lipinski definition) is 3. The van der Waals surface area contributed by atoms with E-state index >= 15 is 0 Å². The number of amides is 1. The van der Waals surface area contributed by atoms with Crippen LogP contribution < -0.4 is 10.1 Å². The monoisotopic (exact) mass is 345 g/mol. The summed E-state index contributed by atoms with van der Waals surface area (Å²) in [5.41, 5.74) is 2.04. The van der Waals surface area contributed by atoms with Gasteiger partial charge >= 0.3 is 0 Å². The fraction of sp³-hybridized carbons (Fsp3) is 0.0667. The van der Waals surface area contributed by atoms with Crippen molar-refractivity contribution in [2.24, 2.45) is 0 Å². The Kier molecular flexibility index (Phi) is 3.62. The molecule has 1 amide bonds. The number of carbonyl (C=O) groups is 1. The number of anilines is 1. The average molecular weight is 346 g/mol. The number of H-pyrrole nitrogens is 1. The first-order chi connectivity index (χ1) is 10.2. The van der Waals surface area contributed by atoms with Gasteiger partial charge in [-0.15, -0.1) is 0 Å². The van der Waals surface area contributed by atoms with Crippen LogP contribution in [0.1, 0.15) is 10.4 Å². The molecule has 0 radical (unpaired) electrons. The molecule has 21 heavy (non-hydrogen) atoms. The van der Waals surface area contributed by atoms with E-state index in [0.29, 0.717) is 17.0 Å². The van der Waals surface area contributed by atoms with Gasteiger partial charge in [-0.1, -0.05) is 15.9 Å². The Morgan fingerprint density at radius 2 is 2.14 bits per heavy atom. The third kappa shape index (κ3) is 2.75. The minimum absolute atomic E-state index is 0.224. The molecule has 0 atom stereocenters. The van der Waals surface area contributed by atoms with Crippen LogP contribution in [-0.2, 0) is 0 Å². The molecule has 0 fully saturated rings. The zero-order valence-electron chi connectivity index (χ0n) is 11.2. The van der Waals surface area contributed by atoms with Crippen LogP contribution in [0.15, 0.2) is 47.1 Å². The first kappa shape index (κ1) is 13.6. The predicted octanol–water partition coefficient (Wildman–Crippen LogP) is 3.59. The van der Waals surface area contributed by atoms with Crippen molar-refractivity contribution >= 4 is 38.4 Å². The van der Waals surface area contributed by atoms with Crippen LogP contribution in [0.5, 0.6) is 5.75 Å². The third-order valence-electron chi connectivity index (χ3n) is 3.11. The van der Waals surface area contributed by atoms with Gasteiger partial charge in [-0.05, 0) is 36.4 Å². The summed E-state index contributed by atoms with van der Waals surface area (Å²) in [5.74, 6) is 0.294. The molecule has 0 saturated carbocycles.